The largest absolute Gasteiger partial charge is 0.465 e. The quantitative estimate of drug-likeness (QED) is 0.763. The third kappa shape index (κ3) is 4.06. The molecular formula is C18H26ClN3O5S. The maximum absolute atomic E-state index is 12.5. The summed E-state index contributed by atoms with van der Waals surface area (Å²) in [4.78, 5) is 25.3. The molecule has 156 valence electrons. The van der Waals surface area contributed by atoms with Crippen LogP contribution in [0.25, 0.3) is 0 Å². The fourth-order valence-corrected chi connectivity index (χ4v) is 5.36. The summed E-state index contributed by atoms with van der Waals surface area (Å²) in [6.45, 7) is 0.495. The minimum Gasteiger partial charge on any atom is -0.465 e. The Kier molecular flexibility index (Phi) is 5.55. The van der Waals surface area contributed by atoms with Crippen molar-refractivity contribution in [1.29, 1.82) is 0 Å². The summed E-state index contributed by atoms with van der Waals surface area (Å²) in [7, 11) is -2.48. The van der Waals surface area contributed by atoms with Crippen LogP contribution in [-0.2, 0) is 16.3 Å². The number of hydrogen-bond acceptors (Lipinski definition) is 5. The van der Waals surface area contributed by atoms with E-state index in [2.05, 4.69) is 4.36 Å². The van der Waals surface area contributed by atoms with Crippen molar-refractivity contribution in [2.24, 2.45) is 9.78 Å². The van der Waals surface area contributed by atoms with Crippen LogP contribution in [0, 0.1) is 5.41 Å². The Morgan fingerprint density at radius 3 is 2.54 bits per heavy atom. The van der Waals surface area contributed by atoms with Gasteiger partial charge in [0.05, 0.1) is 17.2 Å². The van der Waals surface area contributed by atoms with Gasteiger partial charge in [0.25, 0.3) is 5.56 Å². The minimum absolute atomic E-state index is 0.0214. The SMILES string of the molecule is CS(C)(=O)=Nc1cn(CC2(O)CCN(C(=O)O)CC23CCCC3)c(=O)cc1Cl. The maximum Gasteiger partial charge on any atom is 0.407 e. The average molecular weight is 432 g/mol. The molecule has 1 atom stereocenters. The Hall–Kier alpha value is -1.58. The Bertz CT molecular complexity index is 954. The van der Waals surface area contributed by atoms with E-state index in [1.54, 1.807) is 0 Å². The standard InChI is InChI=1S/C18H26ClN3O5S/c1-28(2,27)20-14-10-22(15(23)9-13(14)19)12-18(26)7-8-21(16(24)25)11-17(18)5-3-4-6-17/h9-10,26H,3-8,11-12H2,1-2H3,(H,24,25). The van der Waals surface area contributed by atoms with Crippen LogP contribution < -0.4 is 5.56 Å². The first-order chi connectivity index (χ1) is 12.9. The fraction of sp³-hybridized carbons (Fsp3) is 0.667. The van der Waals surface area contributed by atoms with E-state index >= 15 is 0 Å². The van der Waals surface area contributed by atoms with Crippen LogP contribution in [0.2, 0.25) is 5.02 Å². The van der Waals surface area contributed by atoms with Gasteiger partial charge in [0, 0.05) is 53.0 Å². The number of rotatable bonds is 3. The first-order valence-corrected chi connectivity index (χ1v) is 11.9. The summed E-state index contributed by atoms with van der Waals surface area (Å²) in [5.74, 6) is 0. The summed E-state index contributed by atoms with van der Waals surface area (Å²) in [5.41, 5.74) is -1.94. The first-order valence-electron chi connectivity index (χ1n) is 9.22. The second-order valence-corrected chi connectivity index (χ2v) is 11.2. The topological polar surface area (TPSA) is 112 Å². The third-order valence-electron chi connectivity index (χ3n) is 5.91. The summed E-state index contributed by atoms with van der Waals surface area (Å²) in [6.07, 6.45) is 6.90. The molecule has 2 fully saturated rings. The Morgan fingerprint density at radius 1 is 1.32 bits per heavy atom. The number of aromatic nitrogens is 1. The number of aliphatic hydroxyl groups is 1. The van der Waals surface area contributed by atoms with Crippen LogP contribution in [0.15, 0.2) is 21.4 Å². The Balaban J connectivity index is 2.00. The number of halogens is 1. The summed E-state index contributed by atoms with van der Waals surface area (Å²) < 4.78 is 17.5. The van der Waals surface area contributed by atoms with Crippen LogP contribution in [0.4, 0.5) is 10.5 Å². The molecule has 1 aromatic heterocycles. The molecule has 1 saturated heterocycles. The molecule has 10 heteroatoms. The molecule has 1 unspecified atom stereocenters. The predicted octanol–water partition coefficient (Wildman–Crippen LogP) is 2.54. The monoisotopic (exact) mass is 431 g/mol. The third-order valence-corrected chi connectivity index (χ3v) is 6.85. The van der Waals surface area contributed by atoms with Gasteiger partial charge in [0.2, 0.25) is 0 Å². The van der Waals surface area contributed by atoms with E-state index in [0.29, 0.717) is 12.8 Å². The van der Waals surface area contributed by atoms with Gasteiger partial charge >= 0.3 is 6.09 Å². The lowest BCUT2D eigenvalue weighted by molar-refractivity contribution is -0.137. The molecule has 2 heterocycles. The van der Waals surface area contributed by atoms with Crippen LogP contribution >= 0.6 is 11.6 Å². The normalized spacial score (nSPS) is 24.5. The van der Waals surface area contributed by atoms with E-state index in [0.717, 1.165) is 12.8 Å². The first kappa shape index (κ1) is 21.1. The number of likely N-dealkylation sites (tertiary alicyclic amines) is 1. The van der Waals surface area contributed by atoms with Gasteiger partial charge in [0.15, 0.2) is 0 Å². The second-order valence-electron chi connectivity index (χ2n) is 8.22. The molecule has 2 N–H and O–H groups in total. The highest BCUT2D eigenvalue weighted by Crippen LogP contribution is 2.51. The molecule has 3 rings (SSSR count). The van der Waals surface area contributed by atoms with Crippen LogP contribution in [0.5, 0.6) is 0 Å². The van der Waals surface area contributed by atoms with E-state index in [-0.39, 0.29) is 42.3 Å². The number of carbonyl (C=O) groups is 1. The van der Waals surface area contributed by atoms with Crippen molar-refractivity contribution in [2.75, 3.05) is 25.6 Å². The number of piperidine rings is 1. The zero-order valence-corrected chi connectivity index (χ0v) is 17.6. The van der Waals surface area contributed by atoms with Gasteiger partial charge in [-0.1, -0.05) is 24.4 Å². The van der Waals surface area contributed by atoms with E-state index < -0.39 is 26.8 Å². The fourth-order valence-electron chi connectivity index (χ4n) is 4.51. The summed E-state index contributed by atoms with van der Waals surface area (Å²) in [6, 6.07) is 1.21. The molecule has 1 aliphatic carbocycles. The number of carboxylic acid groups (broad SMARTS) is 1. The molecule has 1 aliphatic heterocycles. The van der Waals surface area contributed by atoms with Crippen LogP contribution in [-0.4, -0.2) is 61.2 Å². The number of amides is 1. The van der Waals surface area contributed by atoms with Gasteiger partial charge in [-0.2, -0.15) is 4.36 Å². The highest BCUT2D eigenvalue weighted by atomic mass is 35.5. The molecule has 0 bridgehead atoms. The molecular weight excluding hydrogens is 406 g/mol. The van der Waals surface area contributed by atoms with Crippen molar-refractivity contribution in [3.8, 4) is 0 Å². The van der Waals surface area contributed by atoms with E-state index in [4.69, 9.17) is 11.6 Å². The van der Waals surface area contributed by atoms with Gasteiger partial charge in [-0.25, -0.2) is 9.00 Å². The highest BCUT2D eigenvalue weighted by molar-refractivity contribution is 7.92. The zero-order chi connectivity index (χ0) is 20.7. The number of hydrogen-bond donors (Lipinski definition) is 2. The van der Waals surface area contributed by atoms with Crippen molar-refractivity contribution in [3.05, 3.63) is 27.6 Å². The van der Waals surface area contributed by atoms with E-state index in [1.165, 1.54) is 34.2 Å². The van der Waals surface area contributed by atoms with Crippen molar-refractivity contribution in [1.82, 2.24) is 9.47 Å². The molecule has 2 aliphatic rings. The molecule has 1 amide bonds. The van der Waals surface area contributed by atoms with Crippen LogP contribution in [0.3, 0.4) is 0 Å². The molecule has 1 aromatic rings. The predicted molar refractivity (Wildman–Crippen MR) is 108 cm³/mol. The number of pyridine rings is 1. The van der Waals surface area contributed by atoms with Gasteiger partial charge in [0.1, 0.15) is 5.69 Å². The summed E-state index contributed by atoms with van der Waals surface area (Å²) >= 11 is 6.09. The molecule has 1 saturated carbocycles. The zero-order valence-electron chi connectivity index (χ0n) is 16.1. The molecule has 28 heavy (non-hydrogen) atoms. The van der Waals surface area contributed by atoms with Crippen LogP contribution in [0.1, 0.15) is 32.1 Å². The highest BCUT2D eigenvalue weighted by Gasteiger charge is 2.55. The average Bonchev–Trinajstić information content (AvgIpc) is 3.03. The lowest BCUT2D eigenvalue weighted by Crippen LogP contribution is -2.62. The second kappa shape index (κ2) is 7.35. The van der Waals surface area contributed by atoms with E-state index in [9.17, 15) is 24.0 Å². The Labute approximate surface area is 169 Å². The van der Waals surface area contributed by atoms with Gasteiger partial charge in [-0.15, -0.1) is 0 Å². The summed E-state index contributed by atoms with van der Waals surface area (Å²) in [5, 5.41) is 21.1. The van der Waals surface area contributed by atoms with Crippen molar-refractivity contribution in [2.45, 2.75) is 44.2 Å². The van der Waals surface area contributed by atoms with E-state index in [1.807, 2.05) is 0 Å². The van der Waals surface area contributed by atoms with Crippen molar-refractivity contribution < 1.29 is 19.2 Å². The van der Waals surface area contributed by atoms with Crippen molar-refractivity contribution in [3.63, 3.8) is 0 Å². The smallest absolute Gasteiger partial charge is 0.407 e. The number of nitrogens with zero attached hydrogens (tertiary/aromatic N) is 3. The molecule has 1 spiro atoms. The lowest BCUT2D eigenvalue weighted by Gasteiger charge is -2.51. The molecule has 0 radical (unpaired) electrons. The van der Waals surface area contributed by atoms with Gasteiger partial charge < -0.3 is 19.7 Å². The lowest BCUT2D eigenvalue weighted by atomic mass is 9.66. The van der Waals surface area contributed by atoms with Gasteiger partial charge in [-0.05, 0) is 19.3 Å². The molecule has 8 nitrogen and oxygen atoms in total. The van der Waals surface area contributed by atoms with Crippen molar-refractivity contribution >= 4 is 33.1 Å². The molecule has 0 aromatic carbocycles. The van der Waals surface area contributed by atoms with Gasteiger partial charge in [-0.3, -0.25) is 4.79 Å². The minimum atomic E-state index is -2.48. The maximum atomic E-state index is 12.5. The Morgan fingerprint density at radius 2 is 1.96 bits per heavy atom.